The van der Waals surface area contributed by atoms with Crippen LogP contribution in [0.3, 0.4) is 0 Å². The number of carbonyl (C=O) groups excluding carboxylic acids is 2. The number of hydrogen-bond donors (Lipinski definition) is 2. The summed E-state index contributed by atoms with van der Waals surface area (Å²) in [5, 5.41) is 18.7. The fourth-order valence-corrected chi connectivity index (χ4v) is 2.82. The van der Waals surface area contributed by atoms with E-state index in [0.717, 1.165) is 25.0 Å². The lowest BCUT2D eigenvalue weighted by molar-refractivity contribution is -0.0519. The van der Waals surface area contributed by atoms with Crippen molar-refractivity contribution in [1.29, 1.82) is 0 Å². The van der Waals surface area contributed by atoms with Crippen molar-refractivity contribution in [2.45, 2.75) is 19.8 Å². The third-order valence-corrected chi connectivity index (χ3v) is 4.11. The molecule has 1 heterocycles. The number of rotatable bonds is 7. The van der Waals surface area contributed by atoms with E-state index in [1.807, 2.05) is 0 Å². The summed E-state index contributed by atoms with van der Waals surface area (Å²) in [4.78, 5) is 39.3. The molecule has 0 radical (unpaired) electrons. The van der Waals surface area contributed by atoms with E-state index in [2.05, 4.69) is 4.74 Å². The molecule has 0 aliphatic carbocycles. The van der Waals surface area contributed by atoms with Gasteiger partial charge in [0.2, 0.25) is 5.43 Å². The molecule has 2 rings (SSSR count). The summed E-state index contributed by atoms with van der Waals surface area (Å²) in [5.74, 6) is -2.65. The van der Waals surface area contributed by atoms with E-state index in [9.17, 15) is 29.0 Å². The van der Waals surface area contributed by atoms with E-state index in [1.165, 1.54) is 29.2 Å². The highest BCUT2D eigenvalue weighted by Crippen LogP contribution is 2.21. The van der Waals surface area contributed by atoms with E-state index < -0.39 is 41.7 Å². The second-order valence-electron chi connectivity index (χ2n) is 5.90. The lowest BCUT2D eigenvalue weighted by atomic mass is 10.1. The largest absolute Gasteiger partial charge is 0.491 e. The Kier molecular flexibility index (Phi) is 7.08. The number of aromatic nitrogens is 1. The van der Waals surface area contributed by atoms with Crippen LogP contribution in [0.5, 0.6) is 5.75 Å². The Morgan fingerprint density at radius 3 is 2.31 bits per heavy atom. The van der Waals surface area contributed by atoms with Crippen LogP contribution in [0.4, 0.5) is 10.1 Å². The number of anilines is 1. The SMILES string of the molecule is CCN(C(=O)c1cn(CC(O)O)c(C(=O)OC)c(OC)c1=O)c1ccc(F)cc1. The molecule has 2 N–H and O–H groups in total. The van der Waals surface area contributed by atoms with Gasteiger partial charge in [-0.15, -0.1) is 0 Å². The Bertz CT molecular complexity index is 954. The highest BCUT2D eigenvalue weighted by molar-refractivity contribution is 6.06. The second-order valence-corrected chi connectivity index (χ2v) is 5.90. The van der Waals surface area contributed by atoms with Crippen molar-refractivity contribution < 1.29 is 33.7 Å². The van der Waals surface area contributed by atoms with Crippen molar-refractivity contribution in [2.24, 2.45) is 0 Å². The first kappa shape index (κ1) is 22.1. The Hall–Kier alpha value is -3.24. The van der Waals surface area contributed by atoms with Crippen LogP contribution >= 0.6 is 0 Å². The van der Waals surface area contributed by atoms with Gasteiger partial charge in [-0.1, -0.05) is 0 Å². The number of amides is 1. The molecule has 0 unspecified atom stereocenters. The van der Waals surface area contributed by atoms with Crippen LogP contribution in [0, 0.1) is 5.82 Å². The minimum absolute atomic E-state index is 0.160. The van der Waals surface area contributed by atoms with Crippen LogP contribution in [-0.4, -0.2) is 53.7 Å². The van der Waals surface area contributed by atoms with Gasteiger partial charge >= 0.3 is 5.97 Å². The highest BCUT2D eigenvalue weighted by atomic mass is 19.1. The van der Waals surface area contributed by atoms with Crippen molar-refractivity contribution in [1.82, 2.24) is 4.57 Å². The lowest BCUT2D eigenvalue weighted by Gasteiger charge is -2.23. The Labute approximate surface area is 165 Å². The summed E-state index contributed by atoms with van der Waals surface area (Å²) in [6, 6.07) is 5.11. The Morgan fingerprint density at radius 2 is 1.83 bits per heavy atom. The van der Waals surface area contributed by atoms with Crippen LogP contribution in [-0.2, 0) is 11.3 Å². The zero-order valence-electron chi connectivity index (χ0n) is 16.1. The van der Waals surface area contributed by atoms with Crippen molar-refractivity contribution in [3.63, 3.8) is 0 Å². The number of halogens is 1. The average molecular weight is 408 g/mol. The maximum atomic E-state index is 13.2. The molecule has 9 nitrogen and oxygen atoms in total. The van der Waals surface area contributed by atoms with Crippen LogP contribution in [0.15, 0.2) is 35.3 Å². The van der Waals surface area contributed by atoms with E-state index >= 15 is 0 Å². The van der Waals surface area contributed by atoms with Crippen LogP contribution in [0.1, 0.15) is 27.8 Å². The maximum absolute atomic E-state index is 13.2. The fraction of sp³-hybridized carbons (Fsp3) is 0.316. The molecule has 1 aromatic heterocycles. The second kappa shape index (κ2) is 9.30. The molecule has 0 saturated heterocycles. The number of aliphatic hydroxyl groups is 2. The number of aliphatic hydroxyl groups excluding tert-OH is 1. The van der Waals surface area contributed by atoms with Crippen molar-refractivity contribution in [3.8, 4) is 5.75 Å². The van der Waals surface area contributed by atoms with E-state index in [4.69, 9.17) is 4.74 Å². The van der Waals surface area contributed by atoms with E-state index in [1.54, 1.807) is 6.92 Å². The molecular weight excluding hydrogens is 387 g/mol. The molecule has 29 heavy (non-hydrogen) atoms. The predicted octanol–water partition coefficient (Wildman–Crippen LogP) is 0.760. The molecule has 0 bridgehead atoms. The zero-order valence-corrected chi connectivity index (χ0v) is 16.1. The van der Waals surface area contributed by atoms with Gasteiger partial charge in [-0.25, -0.2) is 9.18 Å². The number of pyridine rings is 1. The van der Waals surface area contributed by atoms with Crippen LogP contribution in [0.2, 0.25) is 0 Å². The lowest BCUT2D eigenvalue weighted by Crippen LogP contribution is -2.36. The number of benzene rings is 1. The molecule has 1 aromatic carbocycles. The van der Waals surface area contributed by atoms with Gasteiger partial charge in [0, 0.05) is 18.4 Å². The molecule has 10 heteroatoms. The minimum Gasteiger partial charge on any atom is -0.491 e. The van der Waals surface area contributed by atoms with Crippen molar-refractivity contribution in [3.05, 3.63) is 57.8 Å². The standard InChI is InChI=1S/C19H21FN2O7/c1-4-22(12-7-5-11(20)6-8-12)18(26)13-9-21(10-14(23)24)15(19(27)29-3)17(28-2)16(13)25/h5-9,14,23-24H,4,10H2,1-3H3. The van der Waals surface area contributed by atoms with Crippen molar-refractivity contribution >= 4 is 17.6 Å². The van der Waals surface area contributed by atoms with Gasteiger partial charge in [0.1, 0.15) is 11.4 Å². The molecular formula is C19H21FN2O7. The van der Waals surface area contributed by atoms with Gasteiger partial charge in [-0.3, -0.25) is 9.59 Å². The number of esters is 1. The third kappa shape index (κ3) is 4.61. The molecule has 0 fully saturated rings. The third-order valence-electron chi connectivity index (χ3n) is 4.11. The summed E-state index contributed by atoms with van der Waals surface area (Å²) in [5.41, 5.74) is -1.26. The first-order valence-electron chi connectivity index (χ1n) is 8.58. The normalized spacial score (nSPS) is 10.7. The number of carbonyl (C=O) groups is 2. The van der Waals surface area contributed by atoms with Gasteiger partial charge in [0.05, 0.1) is 20.8 Å². The number of hydrogen-bond acceptors (Lipinski definition) is 7. The summed E-state index contributed by atoms with van der Waals surface area (Å²) in [6.07, 6.45) is -0.849. The minimum atomic E-state index is -1.88. The number of methoxy groups -OCH3 is 2. The molecule has 0 spiro atoms. The number of ether oxygens (including phenoxy) is 2. The molecule has 156 valence electrons. The molecule has 0 saturated carbocycles. The molecule has 0 aliphatic heterocycles. The first-order valence-corrected chi connectivity index (χ1v) is 8.58. The van der Waals surface area contributed by atoms with E-state index in [-0.39, 0.29) is 17.8 Å². The summed E-state index contributed by atoms with van der Waals surface area (Å²) in [7, 11) is 2.22. The summed E-state index contributed by atoms with van der Waals surface area (Å²) < 4.78 is 23.9. The molecule has 2 aromatic rings. The highest BCUT2D eigenvalue weighted by Gasteiger charge is 2.28. The smallest absolute Gasteiger partial charge is 0.358 e. The Morgan fingerprint density at radius 1 is 1.21 bits per heavy atom. The topological polar surface area (TPSA) is 118 Å². The van der Waals surface area contributed by atoms with Gasteiger partial charge in [0.15, 0.2) is 17.7 Å². The molecule has 0 aliphatic rings. The zero-order chi connectivity index (χ0) is 21.7. The monoisotopic (exact) mass is 408 g/mol. The summed E-state index contributed by atoms with van der Waals surface area (Å²) in [6.45, 7) is 1.30. The van der Waals surface area contributed by atoms with Crippen LogP contribution in [0.25, 0.3) is 0 Å². The van der Waals surface area contributed by atoms with Gasteiger partial charge < -0.3 is 29.2 Å². The van der Waals surface area contributed by atoms with Gasteiger partial charge in [-0.05, 0) is 31.2 Å². The van der Waals surface area contributed by atoms with Crippen LogP contribution < -0.4 is 15.1 Å². The molecule has 0 atom stereocenters. The first-order chi connectivity index (χ1) is 13.7. The summed E-state index contributed by atoms with van der Waals surface area (Å²) >= 11 is 0. The van der Waals surface area contributed by atoms with Crippen molar-refractivity contribution in [2.75, 3.05) is 25.7 Å². The average Bonchev–Trinajstić information content (AvgIpc) is 2.69. The Balaban J connectivity index is 2.67. The van der Waals surface area contributed by atoms with Gasteiger partial charge in [-0.2, -0.15) is 0 Å². The maximum Gasteiger partial charge on any atom is 0.358 e. The number of nitrogens with zero attached hydrogens (tertiary/aromatic N) is 2. The van der Waals surface area contributed by atoms with E-state index in [0.29, 0.717) is 5.69 Å². The predicted molar refractivity (Wildman–Crippen MR) is 101 cm³/mol. The fourth-order valence-electron chi connectivity index (χ4n) is 2.82. The molecule has 1 amide bonds. The quantitative estimate of drug-likeness (QED) is 0.513. The van der Waals surface area contributed by atoms with Gasteiger partial charge in [0.25, 0.3) is 5.91 Å².